The number of urea groups is 1. The van der Waals surface area contributed by atoms with Crippen LogP contribution in [0, 0.1) is 5.82 Å². The molecule has 0 saturated heterocycles. The minimum absolute atomic E-state index is 0.00538. The Hall–Kier alpha value is -2.11. The first kappa shape index (κ1) is 14.3. The number of rotatable bonds is 5. The van der Waals surface area contributed by atoms with Gasteiger partial charge in [0.2, 0.25) is 0 Å². The molecule has 108 valence electrons. The monoisotopic (exact) mass is 280 g/mol. The third-order valence-electron chi connectivity index (χ3n) is 3.24. The van der Waals surface area contributed by atoms with E-state index in [1.165, 1.54) is 17.0 Å². The van der Waals surface area contributed by atoms with E-state index in [0.29, 0.717) is 5.56 Å². The third kappa shape index (κ3) is 3.69. The average molecular weight is 280 g/mol. The molecule has 6 heteroatoms. The molecule has 20 heavy (non-hydrogen) atoms. The summed E-state index contributed by atoms with van der Waals surface area (Å²) >= 11 is 0. The van der Waals surface area contributed by atoms with Gasteiger partial charge in [0.25, 0.3) is 0 Å². The summed E-state index contributed by atoms with van der Waals surface area (Å²) in [5, 5.41) is 11.5. The van der Waals surface area contributed by atoms with Crippen molar-refractivity contribution in [2.75, 3.05) is 6.54 Å². The predicted molar refractivity (Wildman–Crippen MR) is 70.7 cm³/mol. The standard InChI is InChI=1S/C14H17FN2O3/c1-9(10-3-2-4-11(15)7-10)16-14(20)17(8-13(18)19)12-5-6-12/h2-4,7,9,12H,5-6,8H2,1H3,(H,16,20)(H,18,19). The van der Waals surface area contributed by atoms with Crippen molar-refractivity contribution >= 4 is 12.0 Å². The normalized spacial score (nSPS) is 15.5. The fraction of sp³-hybridized carbons (Fsp3) is 0.429. The van der Waals surface area contributed by atoms with Crippen molar-refractivity contribution in [3.05, 3.63) is 35.6 Å². The number of carbonyl (C=O) groups is 2. The summed E-state index contributed by atoms with van der Waals surface area (Å²) in [5.74, 6) is -1.40. The molecule has 1 unspecified atom stereocenters. The van der Waals surface area contributed by atoms with E-state index in [9.17, 15) is 14.0 Å². The Morgan fingerprint density at radius 1 is 1.50 bits per heavy atom. The van der Waals surface area contributed by atoms with E-state index in [2.05, 4.69) is 5.32 Å². The summed E-state index contributed by atoms with van der Waals surface area (Å²) in [6.45, 7) is 1.42. The molecule has 1 aromatic rings. The van der Waals surface area contributed by atoms with E-state index in [0.717, 1.165) is 12.8 Å². The SMILES string of the molecule is CC(NC(=O)N(CC(=O)O)C1CC1)c1cccc(F)c1. The molecule has 1 aliphatic carbocycles. The minimum Gasteiger partial charge on any atom is -0.480 e. The molecule has 1 aromatic carbocycles. The van der Waals surface area contributed by atoms with Gasteiger partial charge in [0.1, 0.15) is 12.4 Å². The number of nitrogens with zero attached hydrogens (tertiary/aromatic N) is 1. The summed E-state index contributed by atoms with van der Waals surface area (Å²) in [4.78, 5) is 24.2. The molecule has 1 atom stereocenters. The molecule has 0 aliphatic heterocycles. The lowest BCUT2D eigenvalue weighted by atomic mass is 10.1. The Bertz CT molecular complexity index is 517. The third-order valence-corrected chi connectivity index (χ3v) is 3.24. The number of halogens is 1. The number of carboxylic acids is 1. The first-order valence-corrected chi connectivity index (χ1v) is 6.51. The van der Waals surface area contributed by atoms with Crippen molar-refractivity contribution in [1.82, 2.24) is 10.2 Å². The minimum atomic E-state index is -1.04. The lowest BCUT2D eigenvalue weighted by Crippen LogP contribution is -2.44. The van der Waals surface area contributed by atoms with Crippen LogP contribution in [0.1, 0.15) is 31.4 Å². The second-order valence-corrected chi connectivity index (χ2v) is 4.98. The van der Waals surface area contributed by atoms with E-state index in [1.807, 2.05) is 0 Å². The molecule has 0 bridgehead atoms. The van der Waals surface area contributed by atoms with Crippen molar-refractivity contribution in [2.24, 2.45) is 0 Å². The van der Waals surface area contributed by atoms with Gasteiger partial charge in [-0.1, -0.05) is 12.1 Å². The first-order valence-electron chi connectivity index (χ1n) is 6.51. The Labute approximate surface area is 116 Å². The highest BCUT2D eigenvalue weighted by Gasteiger charge is 2.34. The second kappa shape index (κ2) is 5.90. The van der Waals surface area contributed by atoms with Gasteiger partial charge < -0.3 is 15.3 Å². The van der Waals surface area contributed by atoms with E-state index in [4.69, 9.17) is 5.11 Å². The zero-order valence-electron chi connectivity index (χ0n) is 11.2. The molecule has 0 heterocycles. The van der Waals surface area contributed by atoms with Gasteiger partial charge in [-0.3, -0.25) is 4.79 Å². The van der Waals surface area contributed by atoms with E-state index in [1.54, 1.807) is 19.1 Å². The fourth-order valence-corrected chi connectivity index (χ4v) is 2.03. The van der Waals surface area contributed by atoms with Crippen molar-refractivity contribution in [3.8, 4) is 0 Å². The van der Waals surface area contributed by atoms with Gasteiger partial charge in [0.05, 0.1) is 6.04 Å². The number of aliphatic carboxylic acids is 1. The van der Waals surface area contributed by atoms with Gasteiger partial charge >= 0.3 is 12.0 Å². The van der Waals surface area contributed by atoms with E-state index in [-0.39, 0.29) is 24.4 Å². The number of carboxylic acid groups (broad SMARTS) is 1. The number of carbonyl (C=O) groups excluding carboxylic acids is 1. The van der Waals surface area contributed by atoms with Gasteiger partial charge in [0, 0.05) is 6.04 Å². The topological polar surface area (TPSA) is 69.6 Å². The highest BCUT2D eigenvalue weighted by molar-refractivity contribution is 5.81. The molecule has 0 aromatic heterocycles. The number of nitrogens with one attached hydrogen (secondary N) is 1. The maximum atomic E-state index is 13.1. The summed E-state index contributed by atoms with van der Waals surface area (Å²) in [6, 6.07) is 5.17. The van der Waals surface area contributed by atoms with Crippen LogP contribution in [0.3, 0.4) is 0 Å². The average Bonchev–Trinajstić information content (AvgIpc) is 3.19. The molecule has 0 spiro atoms. The van der Waals surface area contributed by atoms with Crippen LogP contribution in [0.5, 0.6) is 0 Å². The van der Waals surface area contributed by atoms with Crippen LogP contribution in [0.25, 0.3) is 0 Å². The van der Waals surface area contributed by atoms with Gasteiger partial charge in [-0.2, -0.15) is 0 Å². The molecular weight excluding hydrogens is 263 g/mol. The highest BCUT2D eigenvalue weighted by atomic mass is 19.1. The zero-order valence-corrected chi connectivity index (χ0v) is 11.2. The maximum absolute atomic E-state index is 13.1. The van der Waals surface area contributed by atoms with Crippen molar-refractivity contribution in [2.45, 2.75) is 31.8 Å². The molecule has 1 aliphatic rings. The molecule has 2 amide bonds. The largest absolute Gasteiger partial charge is 0.480 e. The number of amides is 2. The number of hydrogen-bond acceptors (Lipinski definition) is 2. The van der Waals surface area contributed by atoms with Crippen LogP contribution in [0.4, 0.5) is 9.18 Å². The van der Waals surface area contributed by atoms with Crippen molar-refractivity contribution < 1.29 is 19.1 Å². The summed E-state index contributed by atoms with van der Waals surface area (Å²) < 4.78 is 13.1. The van der Waals surface area contributed by atoms with Crippen molar-refractivity contribution in [1.29, 1.82) is 0 Å². The Kier molecular flexibility index (Phi) is 4.22. The summed E-state index contributed by atoms with van der Waals surface area (Å²) in [6.07, 6.45) is 1.66. The Balaban J connectivity index is 2.00. The van der Waals surface area contributed by atoms with Crippen LogP contribution >= 0.6 is 0 Å². The smallest absolute Gasteiger partial charge is 0.323 e. The highest BCUT2D eigenvalue weighted by Crippen LogP contribution is 2.27. The van der Waals surface area contributed by atoms with Crippen molar-refractivity contribution in [3.63, 3.8) is 0 Å². The maximum Gasteiger partial charge on any atom is 0.323 e. The quantitative estimate of drug-likeness (QED) is 0.868. The molecular formula is C14H17FN2O3. The number of benzene rings is 1. The molecule has 2 N–H and O–H groups in total. The summed E-state index contributed by atoms with van der Waals surface area (Å²) in [7, 11) is 0. The Morgan fingerprint density at radius 3 is 2.75 bits per heavy atom. The Morgan fingerprint density at radius 2 is 2.20 bits per heavy atom. The van der Waals surface area contributed by atoms with Crippen LogP contribution < -0.4 is 5.32 Å². The second-order valence-electron chi connectivity index (χ2n) is 4.98. The van der Waals surface area contributed by atoms with Gasteiger partial charge in [-0.25, -0.2) is 9.18 Å². The van der Waals surface area contributed by atoms with Crippen LogP contribution in [0.15, 0.2) is 24.3 Å². The molecule has 1 saturated carbocycles. The van der Waals surface area contributed by atoms with Gasteiger partial charge in [-0.05, 0) is 37.5 Å². The van der Waals surface area contributed by atoms with Gasteiger partial charge in [0.15, 0.2) is 0 Å². The first-order chi connectivity index (χ1) is 9.47. The fourth-order valence-electron chi connectivity index (χ4n) is 2.03. The summed E-state index contributed by atoms with van der Waals surface area (Å²) in [5.41, 5.74) is 0.643. The van der Waals surface area contributed by atoms with Crippen LogP contribution in [0.2, 0.25) is 0 Å². The van der Waals surface area contributed by atoms with E-state index >= 15 is 0 Å². The number of hydrogen-bond donors (Lipinski definition) is 2. The van der Waals surface area contributed by atoms with Gasteiger partial charge in [-0.15, -0.1) is 0 Å². The zero-order chi connectivity index (χ0) is 14.7. The lowest BCUT2D eigenvalue weighted by molar-refractivity contribution is -0.137. The lowest BCUT2D eigenvalue weighted by Gasteiger charge is -2.23. The predicted octanol–water partition coefficient (Wildman–Crippen LogP) is 2.15. The van der Waals surface area contributed by atoms with Crippen LogP contribution in [-0.4, -0.2) is 34.6 Å². The molecule has 5 nitrogen and oxygen atoms in total. The van der Waals surface area contributed by atoms with E-state index < -0.39 is 12.0 Å². The molecule has 1 fully saturated rings. The molecule has 0 radical (unpaired) electrons. The molecule has 2 rings (SSSR count). The van der Waals surface area contributed by atoms with Crippen LogP contribution in [-0.2, 0) is 4.79 Å².